The minimum Gasteiger partial charge on any atom is -0.463 e. The van der Waals surface area contributed by atoms with E-state index in [1.165, 1.54) is 23.3 Å². The first-order valence-electron chi connectivity index (χ1n) is 18.8. The molecule has 280 valence electrons. The number of benzene rings is 2. The molecule has 1 heterocycles. The molecule has 0 radical (unpaired) electrons. The zero-order chi connectivity index (χ0) is 36.7. The first kappa shape index (κ1) is 38.9. The third-order valence-corrected chi connectivity index (χ3v) is 10.6. The van der Waals surface area contributed by atoms with E-state index in [-0.39, 0.29) is 25.2 Å². The van der Waals surface area contributed by atoms with Gasteiger partial charge in [0.1, 0.15) is 0 Å². The highest BCUT2D eigenvalue weighted by atomic mass is 16.8. The van der Waals surface area contributed by atoms with Crippen molar-refractivity contribution in [3.05, 3.63) is 96.1 Å². The van der Waals surface area contributed by atoms with Gasteiger partial charge in [-0.15, -0.1) is 0 Å². The Balaban J connectivity index is 1.04. The highest BCUT2D eigenvalue weighted by Gasteiger charge is 2.35. The van der Waals surface area contributed by atoms with Gasteiger partial charge in [0.2, 0.25) is 0 Å². The molecule has 0 amide bonds. The summed E-state index contributed by atoms with van der Waals surface area (Å²) in [5.41, 5.74) is 3.14. The molecule has 1 saturated heterocycles. The van der Waals surface area contributed by atoms with Gasteiger partial charge in [0.25, 0.3) is 12.6 Å². The van der Waals surface area contributed by atoms with E-state index in [4.69, 9.17) is 28.4 Å². The lowest BCUT2D eigenvalue weighted by Gasteiger charge is -2.30. The van der Waals surface area contributed by atoms with E-state index < -0.39 is 24.5 Å². The summed E-state index contributed by atoms with van der Waals surface area (Å²) in [5.74, 6) is 0.204. The lowest BCUT2D eigenvalue weighted by molar-refractivity contribution is -0.288. The molecule has 1 aliphatic heterocycles. The van der Waals surface area contributed by atoms with Crippen molar-refractivity contribution in [3.8, 4) is 0 Å². The third kappa shape index (κ3) is 11.6. The minimum absolute atomic E-state index is 0.202. The highest BCUT2D eigenvalue weighted by molar-refractivity contribution is 5.90. The second-order valence-electron chi connectivity index (χ2n) is 14.0. The van der Waals surface area contributed by atoms with Gasteiger partial charge in [0, 0.05) is 12.2 Å². The van der Waals surface area contributed by atoms with Crippen molar-refractivity contribution in [2.45, 2.75) is 101 Å². The summed E-state index contributed by atoms with van der Waals surface area (Å²) in [6.07, 6.45) is 12.6. The number of carbonyl (C=O) groups is 4. The number of hydrogen-bond acceptors (Lipinski definition) is 10. The maximum absolute atomic E-state index is 13.1. The van der Waals surface area contributed by atoms with Gasteiger partial charge in [-0.1, -0.05) is 37.4 Å². The number of carbonyl (C=O) groups excluding carboxylic acids is 4. The summed E-state index contributed by atoms with van der Waals surface area (Å²) in [7, 11) is 0. The molecule has 52 heavy (non-hydrogen) atoms. The number of ether oxygens (including phenoxy) is 6. The maximum atomic E-state index is 13.1. The second kappa shape index (κ2) is 20.1. The quantitative estimate of drug-likeness (QED) is 0.0732. The molecule has 0 N–H and O–H groups in total. The van der Waals surface area contributed by atoms with E-state index in [0.29, 0.717) is 48.0 Å². The summed E-state index contributed by atoms with van der Waals surface area (Å²) < 4.78 is 32.7. The average molecular weight is 717 g/mol. The molecular formula is C42H52O10. The lowest BCUT2D eigenvalue weighted by Crippen LogP contribution is -2.44. The van der Waals surface area contributed by atoms with Gasteiger partial charge in [-0.25, -0.2) is 19.2 Å². The summed E-state index contributed by atoms with van der Waals surface area (Å²) in [6, 6.07) is 15.0. The standard InChI is InChI=1S/C42H52O10/c1-3-37(43)47-25-5-7-29-9-13-31(14-10-29)33-17-21-35(22-18-33)39(45)51-41-42(50-28-27-49-41)52-40(46)36-23-19-34(20-24-36)32-15-11-30(12-16-32)8-6-26-48-38(44)4-2/h3-4,17-24,29-32,41-42H,1-2,5-16,25-28H2/t29?,30?,31?,32?,41-,42-/m1/s1. The van der Waals surface area contributed by atoms with Crippen LogP contribution in [0.15, 0.2) is 73.8 Å². The zero-order valence-electron chi connectivity index (χ0n) is 30.0. The molecule has 2 aromatic carbocycles. The van der Waals surface area contributed by atoms with Gasteiger partial charge >= 0.3 is 23.9 Å². The third-order valence-electron chi connectivity index (χ3n) is 10.6. The van der Waals surface area contributed by atoms with Gasteiger partial charge in [-0.3, -0.25) is 0 Å². The van der Waals surface area contributed by atoms with E-state index >= 15 is 0 Å². The Morgan fingerprint density at radius 1 is 0.577 bits per heavy atom. The van der Waals surface area contributed by atoms with Crippen molar-refractivity contribution in [2.24, 2.45) is 11.8 Å². The predicted molar refractivity (Wildman–Crippen MR) is 193 cm³/mol. The highest BCUT2D eigenvalue weighted by Crippen LogP contribution is 2.39. The van der Waals surface area contributed by atoms with Gasteiger partial charge in [0.15, 0.2) is 0 Å². The van der Waals surface area contributed by atoms with E-state index in [0.717, 1.165) is 77.0 Å². The SMILES string of the molecule is C=CC(=O)OCCCC1CCC(c2ccc(C(=O)O[C@H]3OCCO[C@@H]3OC(=O)c3ccc(C4CCC(CCCOC(=O)C=C)CC4)cc3)cc2)CC1. The molecule has 3 fully saturated rings. The van der Waals surface area contributed by atoms with Crippen LogP contribution in [0, 0.1) is 11.8 Å². The summed E-state index contributed by atoms with van der Waals surface area (Å²) >= 11 is 0. The Morgan fingerprint density at radius 3 is 1.29 bits per heavy atom. The Bertz CT molecular complexity index is 1370. The van der Waals surface area contributed by atoms with E-state index in [1.807, 2.05) is 24.3 Å². The van der Waals surface area contributed by atoms with Crippen LogP contribution in [-0.2, 0) is 38.0 Å². The summed E-state index contributed by atoms with van der Waals surface area (Å²) in [6.45, 7) is 8.10. The van der Waals surface area contributed by atoms with Gasteiger partial charge in [-0.05, 0) is 136 Å². The molecule has 0 unspecified atom stereocenters. The fourth-order valence-electron chi connectivity index (χ4n) is 7.57. The Kier molecular flexibility index (Phi) is 15.0. The van der Waals surface area contributed by atoms with Crippen molar-refractivity contribution in [2.75, 3.05) is 26.4 Å². The summed E-state index contributed by atoms with van der Waals surface area (Å²) in [4.78, 5) is 48.6. The molecule has 2 saturated carbocycles. The Labute approximate surface area is 306 Å². The smallest absolute Gasteiger partial charge is 0.340 e. The van der Waals surface area contributed by atoms with Crippen molar-refractivity contribution in [1.82, 2.24) is 0 Å². The van der Waals surface area contributed by atoms with Crippen LogP contribution in [0.25, 0.3) is 0 Å². The summed E-state index contributed by atoms with van der Waals surface area (Å²) in [5, 5.41) is 0. The Morgan fingerprint density at radius 2 is 0.942 bits per heavy atom. The second-order valence-corrected chi connectivity index (χ2v) is 14.0. The number of esters is 4. The van der Waals surface area contributed by atoms with Gasteiger partial charge in [-0.2, -0.15) is 0 Å². The molecule has 2 atom stereocenters. The first-order valence-corrected chi connectivity index (χ1v) is 18.8. The van der Waals surface area contributed by atoms with Crippen LogP contribution in [-0.4, -0.2) is 62.9 Å². The largest absolute Gasteiger partial charge is 0.463 e. The molecular weight excluding hydrogens is 664 g/mol. The molecule has 3 aliphatic rings. The van der Waals surface area contributed by atoms with Gasteiger partial charge < -0.3 is 28.4 Å². The molecule has 0 aromatic heterocycles. The zero-order valence-corrected chi connectivity index (χ0v) is 30.0. The fourth-order valence-corrected chi connectivity index (χ4v) is 7.57. The monoisotopic (exact) mass is 716 g/mol. The minimum atomic E-state index is -1.19. The van der Waals surface area contributed by atoms with E-state index in [9.17, 15) is 19.2 Å². The maximum Gasteiger partial charge on any atom is 0.340 e. The van der Waals surface area contributed by atoms with Crippen LogP contribution in [0.1, 0.15) is 121 Å². The van der Waals surface area contributed by atoms with E-state index in [1.54, 1.807) is 24.3 Å². The van der Waals surface area contributed by atoms with Crippen molar-refractivity contribution in [1.29, 1.82) is 0 Å². The number of rotatable bonds is 16. The first-order chi connectivity index (χ1) is 25.3. The van der Waals surface area contributed by atoms with Crippen LogP contribution in [0.3, 0.4) is 0 Å². The van der Waals surface area contributed by atoms with Crippen LogP contribution >= 0.6 is 0 Å². The number of hydrogen-bond donors (Lipinski definition) is 0. The van der Waals surface area contributed by atoms with Gasteiger partial charge in [0.05, 0.1) is 37.6 Å². The van der Waals surface area contributed by atoms with Crippen molar-refractivity contribution in [3.63, 3.8) is 0 Å². The lowest BCUT2D eigenvalue weighted by atomic mass is 9.77. The van der Waals surface area contributed by atoms with Crippen LogP contribution in [0.4, 0.5) is 0 Å². The predicted octanol–water partition coefficient (Wildman–Crippen LogP) is 7.97. The topological polar surface area (TPSA) is 124 Å². The van der Waals surface area contributed by atoms with Crippen molar-refractivity contribution >= 4 is 23.9 Å². The molecule has 0 bridgehead atoms. The van der Waals surface area contributed by atoms with Crippen LogP contribution in [0.2, 0.25) is 0 Å². The van der Waals surface area contributed by atoms with Crippen LogP contribution in [0.5, 0.6) is 0 Å². The normalized spacial score (nSPS) is 24.5. The van der Waals surface area contributed by atoms with E-state index in [2.05, 4.69) is 13.2 Å². The van der Waals surface area contributed by atoms with Crippen LogP contribution < -0.4 is 0 Å². The molecule has 10 nitrogen and oxygen atoms in total. The Hall–Kier alpha value is -4.28. The molecule has 10 heteroatoms. The average Bonchev–Trinajstić information content (AvgIpc) is 3.19. The molecule has 2 aliphatic carbocycles. The fraction of sp³-hybridized carbons (Fsp3) is 0.524. The molecule has 0 spiro atoms. The molecule has 2 aromatic rings. The molecule has 5 rings (SSSR count). The van der Waals surface area contributed by atoms with Crippen molar-refractivity contribution < 1.29 is 47.6 Å².